The Labute approximate surface area is 172 Å². The minimum absolute atomic E-state index is 0.0330. The number of fused-ring (bicyclic) bond motifs is 1. The molecule has 152 valence electrons. The van der Waals surface area contributed by atoms with Crippen LogP contribution in [0.4, 0.5) is 18.9 Å². The largest absolute Gasteiger partial charge is 0.416 e. The molecule has 6 rings (SSSR count). The Kier molecular flexibility index (Phi) is 4.24. The van der Waals surface area contributed by atoms with Crippen LogP contribution >= 0.6 is 0 Å². The second-order valence-corrected chi connectivity index (χ2v) is 8.17. The van der Waals surface area contributed by atoms with Crippen molar-refractivity contribution in [2.24, 2.45) is 11.8 Å². The number of rotatable bonds is 2. The molecule has 3 aliphatic rings. The Bertz CT molecular complexity index is 1090. The van der Waals surface area contributed by atoms with Crippen LogP contribution in [0.5, 0.6) is 0 Å². The summed E-state index contributed by atoms with van der Waals surface area (Å²) in [6, 6.07) is 21.2. The number of hydrogen-bond acceptors (Lipinski definition) is 1. The molecule has 5 heteroatoms. The van der Waals surface area contributed by atoms with E-state index in [2.05, 4.69) is 36.5 Å². The highest BCUT2D eigenvalue weighted by molar-refractivity contribution is 5.95. The van der Waals surface area contributed by atoms with Crippen LogP contribution in [0.25, 0.3) is 0 Å². The van der Waals surface area contributed by atoms with E-state index in [1.165, 1.54) is 23.3 Å². The quantitative estimate of drug-likeness (QED) is 0.539. The molecule has 0 saturated carbocycles. The summed E-state index contributed by atoms with van der Waals surface area (Å²) in [6.45, 7) is 2.07. The summed E-state index contributed by atoms with van der Waals surface area (Å²) in [5.41, 5.74) is 4.18. The molecule has 2 nitrogen and oxygen atoms in total. The van der Waals surface area contributed by atoms with Crippen LogP contribution in [0.3, 0.4) is 0 Å². The van der Waals surface area contributed by atoms with Crippen molar-refractivity contribution in [2.75, 3.05) is 5.32 Å². The molecular formula is C25H20F3NO. The summed E-state index contributed by atoms with van der Waals surface area (Å²) in [5, 5.41) is 2.76. The lowest BCUT2D eigenvalue weighted by Crippen LogP contribution is -2.44. The van der Waals surface area contributed by atoms with Crippen molar-refractivity contribution in [3.63, 3.8) is 0 Å². The van der Waals surface area contributed by atoms with Gasteiger partial charge in [-0.05, 0) is 46.4 Å². The molecule has 2 atom stereocenters. The average Bonchev–Trinajstić information content (AvgIpc) is 2.73. The fraction of sp³-hybridized carbons (Fsp3) is 0.240. The van der Waals surface area contributed by atoms with Gasteiger partial charge in [-0.1, -0.05) is 61.5 Å². The minimum atomic E-state index is -4.45. The fourth-order valence-electron chi connectivity index (χ4n) is 5.34. The zero-order chi connectivity index (χ0) is 21.0. The number of halogens is 3. The van der Waals surface area contributed by atoms with Crippen molar-refractivity contribution >= 4 is 11.6 Å². The number of benzene rings is 3. The molecule has 0 saturated heterocycles. The Morgan fingerprint density at radius 2 is 1.33 bits per heavy atom. The lowest BCUT2D eigenvalue weighted by molar-refractivity contribution is -0.137. The van der Waals surface area contributed by atoms with Crippen molar-refractivity contribution in [1.29, 1.82) is 0 Å². The zero-order valence-electron chi connectivity index (χ0n) is 16.3. The van der Waals surface area contributed by atoms with Gasteiger partial charge in [0.05, 0.1) is 11.5 Å². The maximum absolute atomic E-state index is 13.4. The normalized spacial score (nSPS) is 24.1. The predicted octanol–water partition coefficient (Wildman–Crippen LogP) is 6.19. The van der Waals surface area contributed by atoms with E-state index in [0.29, 0.717) is 0 Å². The van der Waals surface area contributed by atoms with Crippen LogP contribution in [-0.2, 0) is 11.0 Å². The first-order valence-electron chi connectivity index (χ1n) is 10.0. The van der Waals surface area contributed by atoms with Crippen LogP contribution in [0.1, 0.15) is 46.6 Å². The number of carbonyl (C=O) groups excluding carboxylic acids is 1. The van der Waals surface area contributed by atoms with Crippen molar-refractivity contribution in [1.82, 2.24) is 0 Å². The summed E-state index contributed by atoms with van der Waals surface area (Å²) < 4.78 is 39.2. The lowest BCUT2D eigenvalue weighted by atomic mass is 9.54. The second kappa shape index (κ2) is 6.73. The van der Waals surface area contributed by atoms with Crippen molar-refractivity contribution in [2.45, 2.75) is 24.9 Å². The summed E-state index contributed by atoms with van der Waals surface area (Å²) in [4.78, 5) is 13.4. The number of carbonyl (C=O) groups is 1. The SMILES string of the molecule is C[C@@H]1C2c3ccccc3C(c3ccccc32)[C@H]1C(=O)Nc1cccc(C(F)(F)F)c1. The first-order valence-corrected chi connectivity index (χ1v) is 10.0. The van der Waals surface area contributed by atoms with Gasteiger partial charge >= 0.3 is 6.18 Å². The average molecular weight is 407 g/mol. The molecular weight excluding hydrogens is 387 g/mol. The van der Waals surface area contributed by atoms with Crippen LogP contribution < -0.4 is 5.32 Å². The van der Waals surface area contributed by atoms with E-state index >= 15 is 0 Å². The van der Waals surface area contributed by atoms with E-state index in [1.54, 1.807) is 0 Å². The number of anilines is 1. The van der Waals surface area contributed by atoms with E-state index in [9.17, 15) is 18.0 Å². The second-order valence-electron chi connectivity index (χ2n) is 8.17. The standard InChI is InChI=1S/C25H20F3NO/c1-14-21-17-9-2-4-11-19(17)23(20-12-5-3-10-18(20)21)22(14)24(30)29-16-8-6-7-15(13-16)25(26,27)28/h2-14,21-23H,1H3,(H,29,30)/t14-,21?,22+,23?/m1/s1. The van der Waals surface area contributed by atoms with E-state index < -0.39 is 11.7 Å². The minimum Gasteiger partial charge on any atom is -0.326 e. The van der Waals surface area contributed by atoms with Crippen molar-refractivity contribution < 1.29 is 18.0 Å². The van der Waals surface area contributed by atoms with Gasteiger partial charge in [-0.25, -0.2) is 0 Å². The van der Waals surface area contributed by atoms with E-state index in [-0.39, 0.29) is 35.3 Å². The Morgan fingerprint density at radius 1 is 0.800 bits per heavy atom. The van der Waals surface area contributed by atoms with Gasteiger partial charge in [-0.3, -0.25) is 4.79 Å². The molecule has 1 N–H and O–H groups in total. The van der Waals surface area contributed by atoms with Crippen molar-refractivity contribution in [3.8, 4) is 0 Å². The Balaban J connectivity index is 1.54. The maximum Gasteiger partial charge on any atom is 0.416 e. The highest BCUT2D eigenvalue weighted by Crippen LogP contribution is 2.58. The van der Waals surface area contributed by atoms with E-state index in [4.69, 9.17) is 0 Å². The third kappa shape index (κ3) is 2.83. The number of alkyl halides is 3. The monoisotopic (exact) mass is 407 g/mol. The smallest absolute Gasteiger partial charge is 0.326 e. The molecule has 0 spiro atoms. The summed E-state index contributed by atoms with van der Waals surface area (Å²) in [5.74, 6) is -0.566. The van der Waals surface area contributed by atoms with Gasteiger partial charge in [0.2, 0.25) is 5.91 Å². The summed E-state index contributed by atoms with van der Waals surface area (Å²) >= 11 is 0. The fourth-order valence-corrected chi connectivity index (χ4v) is 5.34. The van der Waals surface area contributed by atoms with Crippen LogP contribution in [0.15, 0.2) is 72.8 Å². The van der Waals surface area contributed by atoms with Gasteiger partial charge in [0.25, 0.3) is 0 Å². The maximum atomic E-state index is 13.4. The van der Waals surface area contributed by atoms with Gasteiger partial charge in [0.1, 0.15) is 0 Å². The Hall–Kier alpha value is -3.08. The molecule has 3 aromatic rings. The predicted molar refractivity (Wildman–Crippen MR) is 109 cm³/mol. The van der Waals surface area contributed by atoms with Gasteiger partial charge in [-0.15, -0.1) is 0 Å². The molecule has 0 unspecified atom stereocenters. The molecule has 0 fully saturated rings. The van der Waals surface area contributed by atoms with E-state index in [0.717, 1.165) is 23.3 Å². The number of amides is 1. The first-order chi connectivity index (χ1) is 14.4. The Morgan fingerprint density at radius 3 is 1.87 bits per heavy atom. The summed E-state index contributed by atoms with van der Waals surface area (Å²) in [6.07, 6.45) is -4.45. The van der Waals surface area contributed by atoms with Crippen molar-refractivity contribution in [3.05, 3.63) is 101 Å². The molecule has 0 heterocycles. The molecule has 30 heavy (non-hydrogen) atoms. The molecule has 0 aromatic heterocycles. The van der Waals surface area contributed by atoms with E-state index in [1.807, 2.05) is 24.3 Å². The topological polar surface area (TPSA) is 29.1 Å². The molecule has 1 amide bonds. The molecule has 3 aliphatic carbocycles. The van der Waals surface area contributed by atoms with Gasteiger partial charge in [0.15, 0.2) is 0 Å². The third-order valence-corrected chi connectivity index (χ3v) is 6.54. The van der Waals surface area contributed by atoms with Crippen LogP contribution in [-0.4, -0.2) is 5.91 Å². The molecule has 3 aromatic carbocycles. The highest BCUT2D eigenvalue weighted by atomic mass is 19.4. The summed E-state index contributed by atoms with van der Waals surface area (Å²) in [7, 11) is 0. The first kappa shape index (κ1) is 18.9. The lowest BCUT2D eigenvalue weighted by Gasteiger charge is -2.49. The molecule has 0 radical (unpaired) electrons. The van der Waals surface area contributed by atoms with Gasteiger partial charge < -0.3 is 5.32 Å². The highest BCUT2D eigenvalue weighted by Gasteiger charge is 2.50. The molecule has 2 bridgehead atoms. The van der Waals surface area contributed by atoms with Gasteiger partial charge in [-0.2, -0.15) is 13.2 Å². The van der Waals surface area contributed by atoms with Gasteiger partial charge in [0, 0.05) is 17.5 Å². The van der Waals surface area contributed by atoms with Crippen LogP contribution in [0.2, 0.25) is 0 Å². The number of hydrogen-bond donors (Lipinski definition) is 1. The van der Waals surface area contributed by atoms with Crippen LogP contribution in [0, 0.1) is 11.8 Å². The molecule has 0 aliphatic heterocycles. The zero-order valence-corrected chi connectivity index (χ0v) is 16.3. The number of nitrogens with one attached hydrogen (secondary N) is 1. The third-order valence-electron chi connectivity index (χ3n) is 6.54.